The topological polar surface area (TPSA) is 61.8 Å². The highest BCUT2D eigenvalue weighted by Gasteiger charge is 2.00. The van der Waals surface area contributed by atoms with Crippen LogP contribution in [-0.2, 0) is 25.5 Å². The first-order valence-electron chi connectivity index (χ1n) is 6.96. The van der Waals surface area contributed by atoms with Crippen LogP contribution in [-0.4, -0.2) is 31.8 Å². The van der Waals surface area contributed by atoms with E-state index < -0.39 is 11.9 Å². The number of hydrogen-bond donors (Lipinski definition) is 0. The standard InChI is InChI=1S/C17H20O5/c1-3-16(18)21-12-5-11-20-15-8-6-14(7-9-15)10-13-22-17(19)4-2/h3-4,6-9H,1-2,5,10-13H2. The molecule has 1 aromatic rings. The van der Waals surface area contributed by atoms with Crippen molar-refractivity contribution in [2.75, 3.05) is 19.8 Å². The smallest absolute Gasteiger partial charge is 0.330 e. The van der Waals surface area contributed by atoms with Gasteiger partial charge in [0.05, 0.1) is 19.8 Å². The Labute approximate surface area is 130 Å². The Morgan fingerprint density at radius 3 is 2.09 bits per heavy atom. The van der Waals surface area contributed by atoms with Crippen molar-refractivity contribution in [1.82, 2.24) is 0 Å². The molecule has 0 fully saturated rings. The predicted molar refractivity (Wildman–Crippen MR) is 82.6 cm³/mol. The fourth-order valence-corrected chi connectivity index (χ4v) is 1.56. The molecule has 1 aromatic carbocycles. The molecule has 0 unspecified atom stereocenters. The Morgan fingerprint density at radius 1 is 0.909 bits per heavy atom. The normalized spacial score (nSPS) is 9.64. The van der Waals surface area contributed by atoms with Gasteiger partial charge in [0.15, 0.2) is 0 Å². The second-order valence-corrected chi connectivity index (χ2v) is 4.34. The van der Waals surface area contributed by atoms with Crippen LogP contribution in [0.4, 0.5) is 0 Å². The summed E-state index contributed by atoms with van der Waals surface area (Å²) in [5, 5.41) is 0. The van der Waals surface area contributed by atoms with Gasteiger partial charge in [0, 0.05) is 25.0 Å². The van der Waals surface area contributed by atoms with Gasteiger partial charge in [-0.15, -0.1) is 0 Å². The minimum absolute atomic E-state index is 0.303. The molecule has 0 saturated carbocycles. The summed E-state index contributed by atoms with van der Waals surface area (Å²) in [5.74, 6) is -0.111. The molecule has 0 heterocycles. The van der Waals surface area contributed by atoms with E-state index in [4.69, 9.17) is 14.2 Å². The van der Waals surface area contributed by atoms with Crippen molar-refractivity contribution >= 4 is 11.9 Å². The van der Waals surface area contributed by atoms with Crippen molar-refractivity contribution in [3.8, 4) is 5.75 Å². The van der Waals surface area contributed by atoms with Gasteiger partial charge < -0.3 is 14.2 Å². The lowest BCUT2D eigenvalue weighted by Gasteiger charge is -2.07. The number of rotatable bonds is 10. The van der Waals surface area contributed by atoms with Gasteiger partial charge in [-0.1, -0.05) is 25.3 Å². The van der Waals surface area contributed by atoms with Crippen molar-refractivity contribution < 1.29 is 23.8 Å². The molecule has 0 saturated heterocycles. The summed E-state index contributed by atoms with van der Waals surface area (Å²) in [6, 6.07) is 7.52. The van der Waals surface area contributed by atoms with Gasteiger partial charge in [-0.3, -0.25) is 0 Å². The highest BCUT2D eigenvalue weighted by molar-refractivity contribution is 5.81. The lowest BCUT2D eigenvalue weighted by molar-refractivity contribution is -0.138. The van der Waals surface area contributed by atoms with E-state index in [-0.39, 0.29) is 0 Å². The lowest BCUT2D eigenvalue weighted by Crippen LogP contribution is -2.06. The van der Waals surface area contributed by atoms with Crippen molar-refractivity contribution in [2.24, 2.45) is 0 Å². The fourth-order valence-electron chi connectivity index (χ4n) is 1.56. The van der Waals surface area contributed by atoms with Crippen LogP contribution in [0, 0.1) is 0 Å². The van der Waals surface area contributed by atoms with E-state index in [1.54, 1.807) is 0 Å². The fraction of sp³-hybridized carbons (Fsp3) is 0.294. The third-order valence-corrected chi connectivity index (χ3v) is 2.69. The van der Waals surface area contributed by atoms with E-state index in [0.29, 0.717) is 32.7 Å². The predicted octanol–water partition coefficient (Wildman–Crippen LogP) is 2.46. The molecular formula is C17H20O5. The molecule has 5 nitrogen and oxygen atoms in total. The summed E-state index contributed by atoms with van der Waals surface area (Å²) in [6.07, 6.45) is 3.52. The molecule has 0 N–H and O–H groups in total. The van der Waals surface area contributed by atoms with Crippen LogP contribution in [0.1, 0.15) is 12.0 Å². The average molecular weight is 304 g/mol. The zero-order chi connectivity index (χ0) is 16.2. The molecule has 0 atom stereocenters. The second-order valence-electron chi connectivity index (χ2n) is 4.34. The monoisotopic (exact) mass is 304 g/mol. The Balaban J connectivity index is 2.21. The summed E-state index contributed by atoms with van der Waals surface area (Å²) >= 11 is 0. The van der Waals surface area contributed by atoms with Crippen molar-refractivity contribution in [3.05, 3.63) is 55.1 Å². The van der Waals surface area contributed by atoms with Crippen LogP contribution < -0.4 is 4.74 Å². The maximum absolute atomic E-state index is 10.9. The molecule has 0 aliphatic rings. The van der Waals surface area contributed by atoms with Gasteiger partial charge in [0.1, 0.15) is 5.75 Å². The first kappa shape index (κ1) is 17.5. The van der Waals surface area contributed by atoms with E-state index >= 15 is 0 Å². The zero-order valence-electron chi connectivity index (χ0n) is 12.5. The third-order valence-electron chi connectivity index (χ3n) is 2.69. The zero-order valence-corrected chi connectivity index (χ0v) is 12.5. The molecular weight excluding hydrogens is 284 g/mol. The summed E-state index contributed by atoms with van der Waals surface area (Å²) in [7, 11) is 0. The Hall–Kier alpha value is -2.56. The van der Waals surface area contributed by atoms with E-state index in [2.05, 4.69) is 13.2 Å². The van der Waals surface area contributed by atoms with E-state index in [1.165, 1.54) is 0 Å². The third kappa shape index (κ3) is 7.28. The van der Waals surface area contributed by atoms with Gasteiger partial charge in [-0.25, -0.2) is 9.59 Å². The highest BCUT2D eigenvalue weighted by atomic mass is 16.5. The van der Waals surface area contributed by atoms with Crippen LogP contribution in [0.5, 0.6) is 5.75 Å². The van der Waals surface area contributed by atoms with Crippen LogP contribution in [0.2, 0.25) is 0 Å². The van der Waals surface area contributed by atoms with Crippen molar-refractivity contribution in [1.29, 1.82) is 0 Å². The molecule has 0 aromatic heterocycles. The highest BCUT2D eigenvalue weighted by Crippen LogP contribution is 2.13. The number of ether oxygens (including phenoxy) is 3. The number of carbonyl (C=O) groups excluding carboxylic acids is 2. The number of esters is 2. The van der Waals surface area contributed by atoms with Gasteiger partial charge in [-0.2, -0.15) is 0 Å². The second kappa shape index (κ2) is 10.2. The maximum atomic E-state index is 10.9. The number of hydrogen-bond acceptors (Lipinski definition) is 5. The van der Waals surface area contributed by atoms with Crippen LogP contribution >= 0.6 is 0 Å². The molecule has 22 heavy (non-hydrogen) atoms. The summed E-state index contributed by atoms with van der Waals surface area (Å²) in [6.45, 7) is 7.72. The van der Waals surface area contributed by atoms with Crippen LogP contribution in [0.3, 0.4) is 0 Å². The largest absolute Gasteiger partial charge is 0.493 e. The summed E-state index contributed by atoms with van der Waals surface area (Å²) in [5.41, 5.74) is 1.05. The Bertz CT molecular complexity index is 504. The summed E-state index contributed by atoms with van der Waals surface area (Å²) in [4.78, 5) is 21.7. The molecule has 0 aliphatic carbocycles. The average Bonchev–Trinajstić information content (AvgIpc) is 2.55. The summed E-state index contributed by atoms with van der Waals surface area (Å²) < 4.78 is 15.3. The molecule has 0 radical (unpaired) electrons. The van der Waals surface area contributed by atoms with Gasteiger partial charge in [-0.05, 0) is 17.7 Å². The Morgan fingerprint density at radius 2 is 1.50 bits per heavy atom. The minimum atomic E-state index is -0.429. The van der Waals surface area contributed by atoms with Gasteiger partial charge in [0.2, 0.25) is 0 Å². The van der Waals surface area contributed by atoms with Crippen molar-refractivity contribution in [2.45, 2.75) is 12.8 Å². The molecule has 118 valence electrons. The van der Waals surface area contributed by atoms with Crippen LogP contribution in [0.25, 0.3) is 0 Å². The first-order valence-corrected chi connectivity index (χ1v) is 6.96. The molecule has 0 amide bonds. The molecule has 0 bridgehead atoms. The Kier molecular flexibility index (Phi) is 8.12. The number of benzene rings is 1. The molecule has 0 aliphatic heterocycles. The lowest BCUT2D eigenvalue weighted by atomic mass is 10.1. The molecule has 0 spiro atoms. The van der Waals surface area contributed by atoms with E-state index in [1.807, 2.05) is 24.3 Å². The first-order chi connectivity index (χ1) is 10.7. The van der Waals surface area contributed by atoms with Gasteiger partial charge in [0.25, 0.3) is 0 Å². The molecule has 1 rings (SSSR count). The quantitative estimate of drug-likeness (QED) is 0.377. The van der Waals surface area contributed by atoms with Gasteiger partial charge >= 0.3 is 11.9 Å². The van der Waals surface area contributed by atoms with Crippen LogP contribution in [0.15, 0.2) is 49.6 Å². The van der Waals surface area contributed by atoms with E-state index in [0.717, 1.165) is 23.5 Å². The number of carbonyl (C=O) groups is 2. The minimum Gasteiger partial charge on any atom is -0.493 e. The van der Waals surface area contributed by atoms with E-state index in [9.17, 15) is 9.59 Å². The maximum Gasteiger partial charge on any atom is 0.330 e. The SMILES string of the molecule is C=CC(=O)OCCCOc1ccc(CCOC(=O)C=C)cc1. The van der Waals surface area contributed by atoms with Crippen molar-refractivity contribution in [3.63, 3.8) is 0 Å². The molecule has 5 heteroatoms.